The first-order valence-electron chi connectivity index (χ1n) is 10.6. The fourth-order valence-corrected chi connectivity index (χ4v) is 3.79. The number of imidazole rings is 1. The number of carbonyl (C=O) groups is 3. The highest BCUT2D eigenvalue weighted by atomic mass is 16.2. The van der Waals surface area contributed by atoms with Gasteiger partial charge in [-0.15, -0.1) is 0 Å². The Kier molecular flexibility index (Phi) is 7.38. The molecule has 0 saturated carbocycles. The maximum Gasteiger partial charge on any atom is 0.287 e. The third-order valence-electron chi connectivity index (χ3n) is 5.29. The van der Waals surface area contributed by atoms with Crippen molar-refractivity contribution in [1.29, 1.82) is 0 Å². The lowest BCUT2D eigenvalue weighted by atomic mass is 9.97. The smallest absolute Gasteiger partial charge is 0.287 e. The number of aromatic nitrogens is 2. The van der Waals surface area contributed by atoms with Crippen molar-refractivity contribution < 1.29 is 14.4 Å². The van der Waals surface area contributed by atoms with Gasteiger partial charge in [-0.3, -0.25) is 19.4 Å². The van der Waals surface area contributed by atoms with Gasteiger partial charge in [0.05, 0.1) is 17.1 Å². The van der Waals surface area contributed by atoms with E-state index in [4.69, 9.17) is 0 Å². The van der Waals surface area contributed by atoms with Crippen LogP contribution in [0.5, 0.6) is 0 Å². The summed E-state index contributed by atoms with van der Waals surface area (Å²) in [5.74, 6) is -0.547. The van der Waals surface area contributed by atoms with E-state index in [1.807, 2.05) is 38.1 Å². The number of carbonyl (C=O) groups excluding carboxylic acids is 3. The molecule has 1 aliphatic rings. The van der Waals surface area contributed by atoms with Crippen LogP contribution in [0.2, 0.25) is 0 Å². The Bertz CT molecular complexity index is 934. The highest BCUT2D eigenvalue weighted by Gasteiger charge is 2.30. The molecule has 0 spiro atoms. The van der Waals surface area contributed by atoms with E-state index in [0.29, 0.717) is 24.9 Å². The van der Waals surface area contributed by atoms with Crippen molar-refractivity contribution in [3.63, 3.8) is 0 Å². The molecule has 3 rings (SSSR count). The number of amides is 3. The lowest BCUT2D eigenvalue weighted by Gasteiger charge is -2.23. The summed E-state index contributed by atoms with van der Waals surface area (Å²) < 4.78 is 0. The average molecular weight is 427 g/mol. The molecule has 0 aliphatic carbocycles. The van der Waals surface area contributed by atoms with Crippen molar-refractivity contribution in [3.05, 3.63) is 30.1 Å². The first-order valence-corrected chi connectivity index (χ1v) is 10.6. The first-order chi connectivity index (χ1) is 14.9. The number of aliphatic imine (C=N–C) groups is 1. The maximum absolute atomic E-state index is 13.0. The Morgan fingerprint density at radius 3 is 2.71 bits per heavy atom. The van der Waals surface area contributed by atoms with Gasteiger partial charge in [0.25, 0.3) is 5.91 Å². The summed E-state index contributed by atoms with van der Waals surface area (Å²) in [7, 11) is 1.63. The quantitative estimate of drug-likeness (QED) is 0.452. The third-order valence-corrected chi connectivity index (χ3v) is 5.29. The number of benzene rings is 1. The van der Waals surface area contributed by atoms with Crippen molar-refractivity contribution in [2.24, 2.45) is 16.8 Å². The fourth-order valence-electron chi connectivity index (χ4n) is 3.79. The van der Waals surface area contributed by atoms with Crippen LogP contribution < -0.4 is 16.0 Å². The van der Waals surface area contributed by atoms with Crippen molar-refractivity contribution in [3.8, 4) is 0 Å². The van der Waals surface area contributed by atoms with E-state index >= 15 is 0 Å². The molecule has 9 heteroatoms. The van der Waals surface area contributed by atoms with Crippen LogP contribution in [0.15, 0.2) is 29.3 Å². The van der Waals surface area contributed by atoms with Crippen molar-refractivity contribution in [2.75, 3.05) is 13.6 Å². The predicted octanol–water partition coefficient (Wildman–Crippen LogP) is 1.42. The lowest BCUT2D eigenvalue weighted by Crippen LogP contribution is -2.51. The maximum atomic E-state index is 13.0. The number of H-pyrrole nitrogens is 1. The van der Waals surface area contributed by atoms with Crippen LogP contribution in [-0.2, 0) is 9.59 Å². The van der Waals surface area contributed by atoms with Crippen molar-refractivity contribution in [2.45, 2.75) is 45.2 Å². The SMILES string of the molecule is C/N=C/[C@H](C[C@@H]1CCNC1=O)NC(=O)[C@H](CC(C)C)NC(=O)c1nc2ccccc2[nH]1. The van der Waals surface area contributed by atoms with Gasteiger partial charge in [-0.2, -0.15) is 0 Å². The van der Waals surface area contributed by atoms with Gasteiger partial charge in [-0.1, -0.05) is 26.0 Å². The monoisotopic (exact) mass is 426 g/mol. The van der Waals surface area contributed by atoms with Crippen molar-refractivity contribution in [1.82, 2.24) is 25.9 Å². The summed E-state index contributed by atoms with van der Waals surface area (Å²) >= 11 is 0. The largest absolute Gasteiger partial charge is 0.356 e. The van der Waals surface area contributed by atoms with Crippen molar-refractivity contribution >= 4 is 35.0 Å². The van der Waals surface area contributed by atoms with E-state index in [0.717, 1.165) is 11.9 Å². The summed E-state index contributed by atoms with van der Waals surface area (Å²) in [6.45, 7) is 4.62. The highest BCUT2D eigenvalue weighted by molar-refractivity contribution is 5.97. The molecular weight excluding hydrogens is 396 g/mol. The second-order valence-electron chi connectivity index (χ2n) is 8.29. The number of hydrogen-bond acceptors (Lipinski definition) is 5. The summed E-state index contributed by atoms with van der Waals surface area (Å²) in [5.41, 5.74) is 1.44. The van der Waals surface area contributed by atoms with Crippen LogP contribution in [0.3, 0.4) is 0 Å². The standard InChI is InChI=1S/C22H30N6O3/c1-13(2)10-18(28-22(31)19-26-16-6-4-5-7-17(16)27-19)21(30)25-15(12-23-3)11-14-8-9-24-20(14)29/h4-7,12-15,18H,8-11H2,1-3H3,(H,24,29)(H,25,30)(H,26,27)(H,28,31)/b23-12+/t14-,15-,18-/m0/s1. The molecule has 1 aliphatic heterocycles. The minimum absolute atomic E-state index is 0.000621. The molecule has 2 aromatic rings. The zero-order valence-corrected chi connectivity index (χ0v) is 18.1. The summed E-state index contributed by atoms with van der Waals surface area (Å²) in [4.78, 5) is 49.1. The molecule has 1 aromatic heterocycles. The summed E-state index contributed by atoms with van der Waals surface area (Å²) in [6, 6.07) is 6.24. The summed E-state index contributed by atoms with van der Waals surface area (Å²) in [5, 5.41) is 8.56. The molecule has 4 N–H and O–H groups in total. The van der Waals surface area contributed by atoms with E-state index in [9.17, 15) is 14.4 Å². The van der Waals surface area contributed by atoms with Crippen LogP contribution in [-0.4, -0.2) is 59.6 Å². The van der Waals surface area contributed by atoms with Crippen LogP contribution in [0.25, 0.3) is 11.0 Å². The zero-order chi connectivity index (χ0) is 22.4. The zero-order valence-electron chi connectivity index (χ0n) is 18.1. The van der Waals surface area contributed by atoms with E-state index in [2.05, 4.69) is 30.9 Å². The molecule has 1 saturated heterocycles. The predicted molar refractivity (Wildman–Crippen MR) is 119 cm³/mol. The van der Waals surface area contributed by atoms with Gasteiger partial charge in [-0.25, -0.2) is 4.98 Å². The van der Waals surface area contributed by atoms with Crippen LogP contribution in [0.1, 0.15) is 43.7 Å². The molecule has 3 atom stereocenters. The minimum atomic E-state index is -0.731. The Balaban J connectivity index is 1.69. The van der Waals surface area contributed by atoms with Gasteiger partial charge < -0.3 is 20.9 Å². The van der Waals surface area contributed by atoms with E-state index in [1.165, 1.54) is 0 Å². The van der Waals surface area contributed by atoms with E-state index in [1.54, 1.807) is 13.3 Å². The first kappa shape index (κ1) is 22.5. The Morgan fingerprint density at radius 2 is 2.06 bits per heavy atom. The lowest BCUT2D eigenvalue weighted by molar-refractivity contribution is -0.125. The number of nitrogens with zero attached hydrogens (tertiary/aromatic N) is 2. The Hall–Kier alpha value is -3.23. The molecule has 2 heterocycles. The normalized spacial score (nSPS) is 18.3. The van der Waals surface area contributed by atoms with Gasteiger partial charge in [0.2, 0.25) is 11.8 Å². The Morgan fingerprint density at radius 1 is 1.29 bits per heavy atom. The second kappa shape index (κ2) is 10.2. The average Bonchev–Trinajstić information content (AvgIpc) is 3.33. The second-order valence-corrected chi connectivity index (χ2v) is 8.29. The molecule has 166 valence electrons. The molecule has 0 radical (unpaired) electrons. The number of fused-ring (bicyclic) bond motifs is 1. The number of para-hydroxylation sites is 2. The molecular formula is C22H30N6O3. The van der Waals surface area contributed by atoms with Crippen LogP contribution in [0.4, 0.5) is 0 Å². The Labute approximate surface area is 181 Å². The third kappa shape index (κ3) is 5.90. The van der Waals surface area contributed by atoms with Gasteiger partial charge in [0.1, 0.15) is 6.04 Å². The molecule has 1 fully saturated rings. The van der Waals surface area contributed by atoms with Crippen LogP contribution >= 0.6 is 0 Å². The van der Waals surface area contributed by atoms with Crippen LogP contribution in [0, 0.1) is 11.8 Å². The number of nitrogens with one attached hydrogen (secondary N) is 4. The number of hydrogen-bond donors (Lipinski definition) is 4. The summed E-state index contributed by atoms with van der Waals surface area (Å²) in [6.07, 6.45) is 3.32. The topological polar surface area (TPSA) is 128 Å². The van der Waals surface area contributed by atoms with E-state index < -0.39 is 11.9 Å². The molecule has 0 unspecified atom stereocenters. The van der Waals surface area contributed by atoms with Gasteiger partial charge in [-0.05, 0) is 37.3 Å². The van der Waals surface area contributed by atoms with Gasteiger partial charge in [0, 0.05) is 25.7 Å². The number of rotatable bonds is 9. The number of aromatic amines is 1. The molecule has 3 amide bonds. The highest BCUT2D eigenvalue weighted by Crippen LogP contribution is 2.16. The molecule has 31 heavy (non-hydrogen) atoms. The fraction of sp³-hybridized carbons (Fsp3) is 0.500. The van der Waals surface area contributed by atoms with E-state index in [-0.39, 0.29) is 35.5 Å². The molecule has 0 bridgehead atoms. The molecule has 9 nitrogen and oxygen atoms in total. The van der Waals surface area contributed by atoms with Gasteiger partial charge in [0.15, 0.2) is 5.82 Å². The molecule has 1 aromatic carbocycles. The van der Waals surface area contributed by atoms with Gasteiger partial charge >= 0.3 is 0 Å². The minimum Gasteiger partial charge on any atom is -0.356 e.